The first-order valence-corrected chi connectivity index (χ1v) is 10.1. The van der Waals surface area contributed by atoms with E-state index in [9.17, 15) is 18.8 Å². The molecule has 8 nitrogen and oxygen atoms in total. The molecule has 164 valence electrons. The zero-order chi connectivity index (χ0) is 22.8. The molecule has 1 aliphatic rings. The molecule has 0 radical (unpaired) electrons. The predicted octanol–water partition coefficient (Wildman–Crippen LogP) is 3.63. The molecule has 0 aliphatic carbocycles. The number of carbonyl (C=O) groups is 3. The van der Waals surface area contributed by atoms with Crippen molar-refractivity contribution in [3.05, 3.63) is 71.4 Å². The fourth-order valence-electron chi connectivity index (χ4n) is 3.52. The van der Waals surface area contributed by atoms with Crippen LogP contribution in [-0.2, 0) is 16.1 Å². The molecule has 3 aromatic rings. The van der Waals surface area contributed by atoms with E-state index < -0.39 is 29.6 Å². The molecule has 4 rings (SSSR count). The highest BCUT2D eigenvalue weighted by atomic mass is 19.1. The number of ether oxygens (including phenoxy) is 1. The van der Waals surface area contributed by atoms with E-state index >= 15 is 0 Å². The molecule has 32 heavy (non-hydrogen) atoms. The van der Waals surface area contributed by atoms with Gasteiger partial charge in [0.2, 0.25) is 5.82 Å². The van der Waals surface area contributed by atoms with Crippen molar-refractivity contribution in [3.8, 4) is 11.4 Å². The first kappa shape index (κ1) is 21.4. The molecule has 2 amide bonds. The molecule has 0 fully saturated rings. The van der Waals surface area contributed by atoms with E-state index in [0.29, 0.717) is 12.0 Å². The summed E-state index contributed by atoms with van der Waals surface area (Å²) in [6.07, 6.45) is 0.544. The van der Waals surface area contributed by atoms with Gasteiger partial charge in [0, 0.05) is 5.56 Å². The number of imide groups is 1. The maximum Gasteiger partial charge on any atom is 0.330 e. The summed E-state index contributed by atoms with van der Waals surface area (Å²) in [5, 5.41) is 3.80. The Balaban J connectivity index is 1.50. The SMILES string of the molecule is CC[C@H](C)[C@@H](C(=O)OCc1nc(-c2ccc(F)cc2)no1)N1C(=O)c2ccccc2C1=O. The van der Waals surface area contributed by atoms with E-state index in [-0.39, 0.29) is 35.4 Å². The Hall–Kier alpha value is -3.88. The molecule has 9 heteroatoms. The largest absolute Gasteiger partial charge is 0.454 e. The molecule has 0 N–H and O–H groups in total. The van der Waals surface area contributed by atoms with Crippen LogP contribution in [0.5, 0.6) is 0 Å². The summed E-state index contributed by atoms with van der Waals surface area (Å²) in [5.74, 6) is -2.26. The molecule has 0 spiro atoms. The Morgan fingerprint density at radius 2 is 1.72 bits per heavy atom. The predicted molar refractivity (Wildman–Crippen MR) is 110 cm³/mol. The lowest BCUT2D eigenvalue weighted by molar-refractivity contribution is -0.152. The van der Waals surface area contributed by atoms with Gasteiger partial charge in [-0.15, -0.1) is 0 Å². The molecular weight excluding hydrogens is 417 g/mol. The van der Waals surface area contributed by atoms with Gasteiger partial charge in [-0.3, -0.25) is 14.5 Å². The van der Waals surface area contributed by atoms with Gasteiger partial charge in [-0.1, -0.05) is 37.6 Å². The number of carbonyl (C=O) groups excluding carboxylic acids is 3. The Labute approximate surface area is 183 Å². The van der Waals surface area contributed by atoms with E-state index in [1.54, 1.807) is 31.2 Å². The summed E-state index contributed by atoms with van der Waals surface area (Å²) >= 11 is 0. The Morgan fingerprint density at radius 1 is 1.09 bits per heavy atom. The number of amides is 2. The minimum absolute atomic E-state index is 0.0305. The van der Waals surface area contributed by atoms with Gasteiger partial charge in [-0.05, 0) is 42.3 Å². The van der Waals surface area contributed by atoms with E-state index in [0.717, 1.165) is 4.90 Å². The molecule has 2 heterocycles. The number of halogens is 1. The highest BCUT2D eigenvalue weighted by Gasteiger charge is 2.45. The average molecular weight is 437 g/mol. The van der Waals surface area contributed by atoms with Crippen LogP contribution >= 0.6 is 0 Å². The van der Waals surface area contributed by atoms with E-state index in [1.807, 2.05) is 6.92 Å². The van der Waals surface area contributed by atoms with Gasteiger partial charge in [-0.25, -0.2) is 9.18 Å². The second-order valence-corrected chi connectivity index (χ2v) is 7.48. The van der Waals surface area contributed by atoms with Crippen molar-refractivity contribution in [1.82, 2.24) is 15.0 Å². The van der Waals surface area contributed by atoms with Crippen molar-refractivity contribution in [2.24, 2.45) is 5.92 Å². The second-order valence-electron chi connectivity index (χ2n) is 7.48. The fraction of sp³-hybridized carbons (Fsp3) is 0.261. The monoisotopic (exact) mass is 437 g/mol. The van der Waals surface area contributed by atoms with Gasteiger partial charge >= 0.3 is 5.97 Å². The highest BCUT2D eigenvalue weighted by Crippen LogP contribution is 2.29. The summed E-state index contributed by atoms with van der Waals surface area (Å²) in [5.41, 5.74) is 1.06. The first-order chi connectivity index (χ1) is 15.4. The lowest BCUT2D eigenvalue weighted by Gasteiger charge is -2.28. The summed E-state index contributed by atoms with van der Waals surface area (Å²) < 4.78 is 23.5. The lowest BCUT2D eigenvalue weighted by atomic mass is 9.97. The molecule has 2 aromatic carbocycles. The van der Waals surface area contributed by atoms with Crippen LogP contribution in [0, 0.1) is 11.7 Å². The van der Waals surface area contributed by atoms with Gasteiger partial charge in [0.15, 0.2) is 6.61 Å². The zero-order valence-electron chi connectivity index (χ0n) is 17.4. The fourth-order valence-corrected chi connectivity index (χ4v) is 3.52. The van der Waals surface area contributed by atoms with Gasteiger partial charge in [0.1, 0.15) is 11.9 Å². The van der Waals surface area contributed by atoms with Crippen LogP contribution in [0.4, 0.5) is 4.39 Å². The smallest absolute Gasteiger partial charge is 0.330 e. The summed E-state index contributed by atoms with van der Waals surface area (Å²) in [7, 11) is 0. The van der Waals surface area contributed by atoms with Gasteiger partial charge in [0.05, 0.1) is 11.1 Å². The number of benzene rings is 2. The van der Waals surface area contributed by atoms with Crippen LogP contribution in [0.3, 0.4) is 0 Å². The Bertz CT molecular complexity index is 1140. The Kier molecular flexibility index (Phi) is 5.81. The Morgan fingerprint density at radius 3 is 2.31 bits per heavy atom. The number of esters is 1. The molecule has 0 bridgehead atoms. The third-order valence-corrected chi connectivity index (χ3v) is 5.44. The summed E-state index contributed by atoms with van der Waals surface area (Å²) in [4.78, 5) is 43.8. The van der Waals surface area contributed by atoms with Crippen LogP contribution in [0.1, 0.15) is 46.9 Å². The molecule has 0 saturated carbocycles. The lowest BCUT2D eigenvalue weighted by Crippen LogP contribution is -2.49. The van der Waals surface area contributed by atoms with Gasteiger partial charge < -0.3 is 9.26 Å². The van der Waals surface area contributed by atoms with Gasteiger partial charge in [-0.2, -0.15) is 4.98 Å². The van der Waals surface area contributed by atoms with Crippen molar-refractivity contribution in [2.75, 3.05) is 0 Å². The topological polar surface area (TPSA) is 103 Å². The van der Waals surface area contributed by atoms with Crippen molar-refractivity contribution in [3.63, 3.8) is 0 Å². The summed E-state index contributed by atoms with van der Waals surface area (Å²) in [6.45, 7) is 3.30. The summed E-state index contributed by atoms with van der Waals surface area (Å²) in [6, 6.07) is 10.9. The second kappa shape index (κ2) is 8.70. The van der Waals surface area contributed by atoms with E-state index in [4.69, 9.17) is 9.26 Å². The van der Waals surface area contributed by atoms with Gasteiger partial charge in [0.25, 0.3) is 17.7 Å². The molecule has 1 aromatic heterocycles. The van der Waals surface area contributed by atoms with E-state index in [1.165, 1.54) is 24.3 Å². The first-order valence-electron chi connectivity index (χ1n) is 10.1. The number of nitrogens with zero attached hydrogens (tertiary/aromatic N) is 3. The zero-order valence-corrected chi connectivity index (χ0v) is 17.4. The maximum atomic E-state index is 13.1. The van der Waals surface area contributed by atoms with Crippen molar-refractivity contribution in [1.29, 1.82) is 0 Å². The number of hydrogen-bond donors (Lipinski definition) is 0. The molecule has 0 saturated heterocycles. The standard InChI is InChI=1S/C23H20FN3O5/c1-3-13(2)19(27-21(28)16-6-4-5-7-17(16)22(27)29)23(30)31-12-18-25-20(26-32-18)14-8-10-15(24)11-9-14/h4-11,13,19H,3,12H2,1-2H3/t13-,19-/m0/s1. The van der Waals surface area contributed by atoms with E-state index in [2.05, 4.69) is 10.1 Å². The molecule has 2 atom stereocenters. The third-order valence-electron chi connectivity index (χ3n) is 5.44. The van der Waals surface area contributed by atoms with Crippen molar-refractivity contribution in [2.45, 2.75) is 32.9 Å². The number of hydrogen-bond acceptors (Lipinski definition) is 7. The van der Waals surface area contributed by atoms with Crippen LogP contribution in [-0.4, -0.2) is 38.9 Å². The van der Waals surface area contributed by atoms with Crippen LogP contribution in [0.25, 0.3) is 11.4 Å². The molecular formula is C23H20FN3O5. The normalized spacial score (nSPS) is 14.9. The number of aromatic nitrogens is 2. The van der Waals surface area contributed by atoms with Crippen LogP contribution in [0.2, 0.25) is 0 Å². The third kappa shape index (κ3) is 3.89. The highest BCUT2D eigenvalue weighted by molar-refractivity contribution is 6.22. The molecule has 0 unspecified atom stereocenters. The van der Waals surface area contributed by atoms with Crippen molar-refractivity contribution >= 4 is 17.8 Å². The van der Waals surface area contributed by atoms with Crippen molar-refractivity contribution < 1.29 is 28.0 Å². The maximum absolute atomic E-state index is 13.1. The van der Waals surface area contributed by atoms with Crippen LogP contribution in [0.15, 0.2) is 53.1 Å². The average Bonchev–Trinajstić information content (AvgIpc) is 3.37. The number of rotatable bonds is 7. The minimum atomic E-state index is -1.09. The minimum Gasteiger partial charge on any atom is -0.454 e. The van der Waals surface area contributed by atoms with Crippen LogP contribution < -0.4 is 0 Å². The molecule has 1 aliphatic heterocycles. The number of fused-ring (bicyclic) bond motifs is 1. The quantitative estimate of drug-likeness (QED) is 0.411.